The van der Waals surface area contributed by atoms with E-state index in [1.54, 1.807) is 30.0 Å². The van der Waals surface area contributed by atoms with Crippen LogP contribution in [0.5, 0.6) is 11.5 Å². The van der Waals surface area contributed by atoms with E-state index in [0.717, 1.165) is 15.1 Å². The molecule has 0 spiro atoms. The molecule has 2 aromatic carbocycles. The number of carbonyl (C=O) groups is 1. The van der Waals surface area contributed by atoms with Crippen molar-refractivity contribution in [1.82, 2.24) is 4.98 Å². The quantitative estimate of drug-likeness (QED) is 0.728. The fourth-order valence-electron chi connectivity index (χ4n) is 2.35. The second-order valence-corrected chi connectivity index (χ2v) is 6.73. The molecular formula is C16H12N2O3S2. The fraction of sp³-hybridized carbons (Fsp3) is 0.125. The standard InChI is InChI=1S/C16H12N2O3S2/c1-22-12-3-2-4-13-14(12)17-16(23-13)18-15(19)9-5-6-10-11(7-9)21-8-20-10/h2-7H,8H2,1H3,(H,17,18,19). The van der Waals surface area contributed by atoms with E-state index < -0.39 is 0 Å². The molecule has 0 atom stereocenters. The minimum Gasteiger partial charge on any atom is -0.454 e. The van der Waals surface area contributed by atoms with Gasteiger partial charge < -0.3 is 9.47 Å². The normalized spacial score (nSPS) is 12.6. The summed E-state index contributed by atoms with van der Waals surface area (Å²) in [6.45, 7) is 0.190. The highest BCUT2D eigenvalue weighted by molar-refractivity contribution is 7.98. The van der Waals surface area contributed by atoms with Crippen LogP contribution in [0, 0.1) is 0 Å². The second-order valence-electron chi connectivity index (χ2n) is 4.85. The predicted octanol–water partition coefficient (Wildman–Crippen LogP) is 4.00. The van der Waals surface area contributed by atoms with E-state index >= 15 is 0 Å². The second kappa shape index (κ2) is 5.75. The molecule has 0 radical (unpaired) electrons. The number of fused-ring (bicyclic) bond motifs is 2. The van der Waals surface area contributed by atoms with Gasteiger partial charge in [0.25, 0.3) is 5.91 Å². The molecule has 0 fully saturated rings. The molecule has 0 saturated carbocycles. The van der Waals surface area contributed by atoms with E-state index in [1.165, 1.54) is 11.3 Å². The van der Waals surface area contributed by atoms with Crippen molar-refractivity contribution in [2.75, 3.05) is 18.4 Å². The van der Waals surface area contributed by atoms with Gasteiger partial charge in [-0.1, -0.05) is 17.4 Å². The lowest BCUT2D eigenvalue weighted by molar-refractivity contribution is 0.102. The maximum absolute atomic E-state index is 12.4. The Labute approximate surface area is 140 Å². The van der Waals surface area contributed by atoms with Crippen molar-refractivity contribution in [3.05, 3.63) is 42.0 Å². The third-order valence-electron chi connectivity index (χ3n) is 3.46. The Kier molecular flexibility index (Phi) is 3.59. The Morgan fingerprint density at radius 1 is 1.26 bits per heavy atom. The summed E-state index contributed by atoms with van der Waals surface area (Å²) in [5, 5.41) is 3.44. The minimum absolute atomic E-state index is 0.190. The van der Waals surface area contributed by atoms with E-state index in [2.05, 4.69) is 10.3 Å². The molecule has 1 aliphatic rings. The first-order valence-corrected chi connectivity index (χ1v) is 8.93. The number of thioether (sulfide) groups is 1. The number of hydrogen-bond donors (Lipinski definition) is 1. The van der Waals surface area contributed by atoms with Gasteiger partial charge in [-0.25, -0.2) is 4.98 Å². The molecule has 0 bridgehead atoms. The van der Waals surface area contributed by atoms with Crippen molar-refractivity contribution in [3.63, 3.8) is 0 Å². The number of hydrogen-bond acceptors (Lipinski definition) is 6. The summed E-state index contributed by atoms with van der Waals surface area (Å²) >= 11 is 3.10. The topological polar surface area (TPSA) is 60.5 Å². The van der Waals surface area contributed by atoms with Gasteiger partial charge in [-0.15, -0.1) is 11.8 Å². The van der Waals surface area contributed by atoms with Gasteiger partial charge in [0, 0.05) is 10.5 Å². The molecule has 23 heavy (non-hydrogen) atoms. The number of nitrogens with one attached hydrogen (secondary N) is 1. The van der Waals surface area contributed by atoms with Crippen LogP contribution in [0.15, 0.2) is 41.3 Å². The zero-order chi connectivity index (χ0) is 15.8. The lowest BCUT2D eigenvalue weighted by atomic mass is 10.2. The number of para-hydroxylation sites is 1. The van der Waals surface area contributed by atoms with Crippen molar-refractivity contribution in [3.8, 4) is 11.5 Å². The molecule has 116 valence electrons. The van der Waals surface area contributed by atoms with Crippen molar-refractivity contribution in [2.24, 2.45) is 0 Å². The van der Waals surface area contributed by atoms with Crippen molar-refractivity contribution >= 4 is 44.4 Å². The molecular weight excluding hydrogens is 332 g/mol. The van der Waals surface area contributed by atoms with Gasteiger partial charge in [0.2, 0.25) is 6.79 Å². The van der Waals surface area contributed by atoms with Crippen LogP contribution in [0.25, 0.3) is 10.2 Å². The predicted molar refractivity (Wildman–Crippen MR) is 91.9 cm³/mol. The van der Waals surface area contributed by atoms with Crippen LogP contribution >= 0.6 is 23.1 Å². The third kappa shape index (κ3) is 2.62. The molecule has 0 saturated heterocycles. The molecule has 1 aliphatic heterocycles. The number of rotatable bonds is 3. The van der Waals surface area contributed by atoms with E-state index in [4.69, 9.17) is 9.47 Å². The average molecular weight is 344 g/mol. The van der Waals surface area contributed by atoms with E-state index in [1.807, 2.05) is 24.5 Å². The van der Waals surface area contributed by atoms with Gasteiger partial charge in [-0.3, -0.25) is 10.1 Å². The summed E-state index contributed by atoms with van der Waals surface area (Å²) in [7, 11) is 0. The first-order valence-electron chi connectivity index (χ1n) is 6.89. The van der Waals surface area contributed by atoms with Crippen LogP contribution in [0.3, 0.4) is 0 Å². The molecule has 1 N–H and O–H groups in total. The minimum atomic E-state index is -0.215. The monoisotopic (exact) mass is 344 g/mol. The Balaban J connectivity index is 1.61. The summed E-state index contributed by atoms with van der Waals surface area (Å²) in [6, 6.07) is 11.2. The van der Waals surface area contributed by atoms with E-state index in [9.17, 15) is 4.79 Å². The summed E-state index contributed by atoms with van der Waals surface area (Å²) in [6.07, 6.45) is 2.01. The van der Waals surface area contributed by atoms with Crippen LogP contribution in [0.2, 0.25) is 0 Å². The highest BCUT2D eigenvalue weighted by atomic mass is 32.2. The van der Waals surface area contributed by atoms with Gasteiger partial charge in [-0.2, -0.15) is 0 Å². The Hall–Kier alpha value is -2.25. The van der Waals surface area contributed by atoms with Crippen LogP contribution in [-0.4, -0.2) is 23.9 Å². The van der Waals surface area contributed by atoms with Crippen molar-refractivity contribution < 1.29 is 14.3 Å². The van der Waals surface area contributed by atoms with Crippen molar-refractivity contribution in [1.29, 1.82) is 0 Å². The molecule has 3 aromatic rings. The summed E-state index contributed by atoms with van der Waals surface area (Å²) in [5.74, 6) is 1.03. The smallest absolute Gasteiger partial charge is 0.257 e. The largest absolute Gasteiger partial charge is 0.454 e. The third-order valence-corrected chi connectivity index (χ3v) is 5.16. The summed E-state index contributed by atoms with van der Waals surface area (Å²) < 4.78 is 11.6. The lowest BCUT2D eigenvalue weighted by Gasteiger charge is -2.02. The SMILES string of the molecule is CSc1cccc2sc(NC(=O)c3ccc4c(c3)OCO4)nc12. The maximum Gasteiger partial charge on any atom is 0.257 e. The Morgan fingerprint density at radius 2 is 2.13 bits per heavy atom. The lowest BCUT2D eigenvalue weighted by Crippen LogP contribution is -2.11. The highest BCUT2D eigenvalue weighted by Crippen LogP contribution is 2.34. The van der Waals surface area contributed by atoms with Gasteiger partial charge in [-0.05, 0) is 36.6 Å². The first-order chi connectivity index (χ1) is 11.2. The van der Waals surface area contributed by atoms with Gasteiger partial charge >= 0.3 is 0 Å². The van der Waals surface area contributed by atoms with E-state index in [0.29, 0.717) is 22.2 Å². The van der Waals surface area contributed by atoms with Crippen molar-refractivity contribution in [2.45, 2.75) is 4.90 Å². The van der Waals surface area contributed by atoms with E-state index in [-0.39, 0.29) is 12.7 Å². The number of nitrogens with zero attached hydrogens (tertiary/aromatic N) is 1. The van der Waals surface area contributed by atoms with Crippen LogP contribution in [0.4, 0.5) is 5.13 Å². The van der Waals surface area contributed by atoms with Crippen LogP contribution in [-0.2, 0) is 0 Å². The van der Waals surface area contributed by atoms with Gasteiger partial charge in [0.15, 0.2) is 16.6 Å². The number of thiazole rings is 1. The summed E-state index contributed by atoms with van der Waals surface area (Å²) in [4.78, 5) is 18.0. The summed E-state index contributed by atoms with van der Waals surface area (Å²) in [5.41, 5.74) is 1.43. The molecule has 7 heteroatoms. The number of anilines is 1. The zero-order valence-electron chi connectivity index (χ0n) is 12.2. The molecule has 0 unspecified atom stereocenters. The number of benzene rings is 2. The highest BCUT2D eigenvalue weighted by Gasteiger charge is 2.17. The molecule has 4 rings (SSSR count). The first kappa shape index (κ1) is 14.3. The van der Waals surface area contributed by atoms with Crippen LogP contribution in [0.1, 0.15) is 10.4 Å². The average Bonchev–Trinajstić information content (AvgIpc) is 3.19. The molecule has 5 nitrogen and oxygen atoms in total. The zero-order valence-corrected chi connectivity index (χ0v) is 13.8. The number of ether oxygens (including phenoxy) is 2. The molecule has 0 aliphatic carbocycles. The maximum atomic E-state index is 12.4. The molecule has 1 amide bonds. The molecule has 2 heterocycles. The number of carbonyl (C=O) groups excluding carboxylic acids is 1. The van der Waals surface area contributed by atoms with Gasteiger partial charge in [0.05, 0.1) is 10.2 Å². The molecule has 1 aromatic heterocycles. The number of amides is 1. The Bertz CT molecular complexity index is 907. The Morgan fingerprint density at radius 3 is 3.00 bits per heavy atom. The number of aromatic nitrogens is 1. The van der Waals surface area contributed by atoms with Crippen LogP contribution < -0.4 is 14.8 Å². The van der Waals surface area contributed by atoms with Gasteiger partial charge in [0.1, 0.15) is 0 Å². The fourth-order valence-corrected chi connectivity index (χ4v) is 3.86.